The molecule has 2 aromatic rings. The summed E-state index contributed by atoms with van der Waals surface area (Å²) in [5.74, 6) is -0.616. The molecule has 12 heteroatoms. The standard InChI is InChI=1S/C19H23N2O9P/c1-12-10-21(19(24)20-16(12)22)15-9-14(29-17(23)13-7-5-4-6-8-13)18(30-15)28-11-31(25,26-2)27-3/h4-8,10,14-15,18H,9,11H2,1-3H3,(H,20,22,24)/t14-,15+,18-/m0/s1. The Balaban J connectivity index is 1.83. The highest BCUT2D eigenvalue weighted by atomic mass is 31.2. The number of aryl methyl sites for hydroxylation is 1. The van der Waals surface area contributed by atoms with Crippen LogP contribution in [-0.2, 0) is 27.8 Å². The third kappa shape index (κ3) is 5.38. The first kappa shape index (κ1) is 23.1. The molecule has 11 nitrogen and oxygen atoms in total. The molecule has 2 heterocycles. The maximum Gasteiger partial charge on any atom is 0.355 e. The van der Waals surface area contributed by atoms with Crippen LogP contribution in [0.5, 0.6) is 0 Å². The highest BCUT2D eigenvalue weighted by Crippen LogP contribution is 2.47. The zero-order chi connectivity index (χ0) is 22.6. The Morgan fingerprint density at radius 3 is 2.55 bits per heavy atom. The van der Waals surface area contributed by atoms with Crippen molar-refractivity contribution in [2.75, 3.05) is 20.6 Å². The van der Waals surface area contributed by atoms with Crippen molar-refractivity contribution in [2.24, 2.45) is 0 Å². The first-order chi connectivity index (χ1) is 14.8. The van der Waals surface area contributed by atoms with E-state index in [-0.39, 0.29) is 6.42 Å². The van der Waals surface area contributed by atoms with Crippen molar-refractivity contribution in [3.63, 3.8) is 0 Å². The second kappa shape index (κ2) is 9.71. The van der Waals surface area contributed by atoms with Gasteiger partial charge in [0, 0.05) is 32.4 Å². The number of hydrogen-bond acceptors (Lipinski definition) is 9. The van der Waals surface area contributed by atoms with Crippen LogP contribution in [0.1, 0.15) is 28.6 Å². The van der Waals surface area contributed by atoms with Crippen LogP contribution in [-0.4, -0.2) is 48.5 Å². The Hall–Kier alpha value is -2.56. The van der Waals surface area contributed by atoms with Crippen LogP contribution in [0.3, 0.4) is 0 Å². The topological polar surface area (TPSA) is 135 Å². The first-order valence-electron chi connectivity index (χ1n) is 9.32. The molecule has 31 heavy (non-hydrogen) atoms. The molecule has 1 aliphatic rings. The molecule has 1 aromatic carbocycles. The van der Waals surface area contributed by atoms with Gasteiger partial charge in [-0.15, -0.1) is 0 Å². The van der Waals surface area contributed by atoms with Crippen molar-refractivity contribution in [3.05, 3.63) is 68.5 Å². The first-order valence-corrected chi connectivity index (χ1v) is 11.0. The SMILES string of the molecule is COP(=O)(CO[C@H]1O[C@@H](n2cc(C)c(=O)[nH]c2=O)C[C@@H]1OC(=O)c1ccccc1)OC. The molecule has 3 rings (SSSR count). The molecule has 0 radical (unpaired) electrons. The fraction of sp³-hybridized carbons (Fsp3) is 0.421. The number of carbonyl (C=O) groups excluding carboxylic acids is 1. The predicted molar refractivity (Wildman–Crippen MR) is 108 cm³/mol. The number of hydrogen-bond donors (Lipinski definition) is 1. The Morgan fingerprint density at radius 2 is 1.90 bits per heavy atom. The summed E-state index contributed by atoms with van der Waals surface area (Å²) in [6.07, 6.45) is -2.05. The monoisotopic (exact) mass is 454 g/mol. The summed E-state index contributed by atoms with van der Waals surface area (Å²) >= 11 is 0. The molecule has 1 saturated heterocycles. The summed E-state index contributed by atoms with van der Waals surface area (Å²) in [5.41, 5.74) is -0.580. The number of esters is 1. The van der Waals surface area contributed by atoms with E-state index in [2.05, 4.69) is 4.98 Å². The third-order valence-electron chi connectivity index (χ3n) is 4.71. The van der Waals surface area contributed by atoms with E-state index in [0.717, 1.165) is 0 Å². The summed E-state index contributed by atoms with van der Waals surface area (Å²) in [4.78, 5) is 38.6. The van der Waals surface area contributed by atoms with E-state index in [0.29, 0.717) is 11.1 Å². The average molecular weight is 454 g/mol. The maximum atomic E-state index is 12.5. The number of rotatable bonds is 8. The van der Waals surface area contributed by atoms with Gasteiger partial charge in [-0.3, -0.25) is 18.9 Å². The number of ether oxygens (including phenoxy) is 3. The Labute approximate surface area is 177 Å². The minimum atomic E-state index is -3.53. The lowest BCUT2D eigenvalue weighted by atomic mass is 10.2. The van der Waals surface area contributed by atoms with Gasteiger partial charge in [0.2, 0.25) is 0 Å². The lowest BCUT2D eigenvalue weighted by Gasteiger charge is -2.21. The molecule has 1 aliphatic heterocycles. The van der Waals surface area contributed by atoms with Crippen molar-refractivity contribution in [3.8, 4) is 0 Å². The van der Waals surface area contributed by atoms with Crippen LogP contribution in [0, 0.1) is 6.92 Å². The van der Waals surface area contributed by atoms with Gasteiger partial charge >= 0.3 is 19.3 Å². The summed E-state index contributed by atoms with van der Waals surface area (Å²) in [6, 6.07) is 8.31. The number of benzene rings is 1. The molecule has 1 fully saturated rings. The van der Waals surface area contributed by atoms with Crippen molar-refractivity contribution in [1.82, 2.24) is 9.55 Å². The number of nitrogens with zero attached hydrogens (tertiary/aromatic N) is 1. The second-order valence-corrected chi connectivity index (χ2v) is 8.97. The van der Waals surface area contributed by atoms with Crippen LogP contribution in [0.25, 0.3) is 0 Å². The Morgan fingerprint density at radius 1 is 1.23 bits per heavy atom. The molecular formula is C19H23N2O9P. The molecule has 1 aromatic heterocycles. The van der Waals surface area contributed by atoms with Crippen molar-refractivity contribution in [1.29, 1.82) is 0 Å². The lowest BCUT2D eigenvalue weighted by molar-refractivity contribution is -0.170. The van der Waals surface area contributed by atoms with E-state index >= 15 is 0 Å². The lowest BCUT2D eigenvalue weighted by Crippen LogP contribution is -2.33. The molecule has 0 unspecified atom stereocenters. The minimum Gasteiger partial charge on any atom is -0.453 e. The van der Waals surface area contributed by atoms with Crippen LogP contribution in [0.15, 0.2) is 46.1 Å². The van der Waals surface area contributed by atoms with Gasteiger partial charge in [-0.25, -0.2) is 9.59 Å². The molecular weight excluding hydrogens is 431 g/mol. The quantitative estimate of drug-likeness (QED) is 0.468. The molecule has 0 aliphatic carbocycles. The normalized spacial score (nSPS) is 21.2. The van der Waals surface area contributed by atoms with E-state index in [1.54, 1.807) is 30.3 Å². The largest absolute Gasteiger partial charge is 0.453 e. The van der Waals surface area contributed by atoms with E-state index in [1.165, 1.54) is 31.9 Å². The van der Waals surface area contributed by atoms with E-state index in [1.807, 2.05) is 0 Å². The second-order valence-electron chi connectivity index (χ2n) is 6.76. The smallest absolute Gasteiger partial charge is 0.355 e. The van der Waals surface area contributed by atoms with Crippen LogP contribution < -0.4 is 11.2 Å². The number of H-pyrrole nitrogens is 1. The number of carbonyl (C=O) groups is 1. The fourth-order valence-corrected chi connectivity index (χ4v) is 3.65. The van der Waals surface area contributed by atoms with E-state index in [9.17, 15) is 18.9 Å². The van der Waals surface area contributed by atoms with Crippen LogP contribution in [0.2, 0.25) is 0 Å². The van der Waals surface area contributed by atoms with Gasteiger partial charge in [-0.2, -0.15) is 0 Å². The van der Waals surface area contributed by atoms with E-state index in [4.69, 9.17) is 23.3 Å². The zero-order valence-corrected chi connectivity index (χ0v) is 18.1. The summed E-state index contributed by atoms with van der Waals surface area (Å²) < 4.78 is 40.0. The molecule has 0 amide bonds. The van der Waals surface area contributed by atoms with Crippen molar-refractivity contribution >= 4 is 13.6 Å². The zero-order valence-electron chi connectivity index (χ0n) is 17.2. The summed E-state index contributed by atoms with van der Waals surface area (Å²) in [7, 11) is -1.11. The minimum absolute atomic E-state index is 0.0545. The fourth-order valence-electron chi connectivity index (χ4n) is 2.96. The Bertz CT molecular complexity index is 1070. The highest BCUT2D eigenvalue weighted by Gasteiger charge is 2.42. The summed E-state index contributed by atoms with van der Waals surface area (Å²) in [5, 5.41) is 0. The van der Waals surface area contributed by atoms with Gasteiger partial charge < -0.3 is 23.3 Å². The maximum absolute atomic E-state index is 12.5. The van der Waals surface area contributed by atoms with Gasteiger partial charge in [-0.1, -0.05) is 18.2 Å². The van der Waals surface area contributed by atoms with Crippen LogP contribution >= 0.6 is 7.60 Å². The average Bonchev–Trinajstić information content (AvgIpc) is 3.17. The number of aromatic amines is 1. The van der Waals surface area contributed by atoms with Gasteiger partial charge in [-0.05, 0) is 19.1 Å². The molecule has 0 spiro atoms. The van der Waals surface area contributed by atoms with Crippen molar-refractivity contribution in [2.45, 2.75) is 32.0 Å². The molecule has 3 atom stereocenters. The summed E-state index contributed by atoms with van der Waals surface area (Å²) in [6.45, 7) is 1.54. The third-order valence-corrected chi connectivity index (χ3v) is 6.28. The molecule has 168 valence electrons. The van der Waals surface area contributed by atoms with Gasteiger partial charge in [0.1, 0.15) is 6.23 Å². The number of nitrogens with one attached hydrogen (secondary N) is 1. The molecule has 0 bridgehead atoms. The van der Waals surface area contributed by atoms with Crippen molar-refractivity contribution < 1.29 is 32.6 Å². The highest BCUT2D eigenvalue weighted by molar-refractivity contribution is 7.53. The van der Waals surface area contributed by atoms with Gasteiger partial charge in [0.15, 0.2) is 18.7 Å². The molecule has 0 saturated carbocycles. The number of aromatic nitrogens is 2. The van der Waals surface area contributed by atoms with Gasteiger partial charge in [0.05, 0.1) is 5.56 Å². The Kier molecular flexibility index (Phi) is 7.24. The van der Waals surface area contributed by atoms with E-state index < -0.39 is 49.8 Å². The van der Waals surface area contributed by atoms with Crippen LogP contribution in [0.4, 0.5) is 0 Å². The predicted octanol–water partition coefficient (Wildman–Crippen LogP) is 1.78. The molecule has 1 N–H and O–H groups in total. The van der Waals surface area contributed by atoms with Gasteiger partial charge in [0.25, 0.3) is 5.56 Å².